The molecule has 3 aromatic carbocycles. The Morgan fingerprint density at radius 1 is 0.620 bits per heavy atom. The van der Waals surface area contributed by atoms with Gasteiger partial charge in [0.05, 0.1) is 13.1 Å². The van der Waals surface area contributed by atoms with Crippen molar-refractivity contribution in [2.45, 2.75) is 26.7 Å². The molecule has 2 atom stereocenters. The van der Waals surface area contributed by atoms with Crippen molar-refractivity contribution in [3.8, 4) is 11.1 Å². The molecule has 0 radical (unpaired) electrons. The quantitative estimate of drug-likeness (QED) is 0.165. The lowest BCUT2D eigenvalue weighted by molar-refractivity contribution is -0.157. The fourth-order valence-corrected chi connectivity index (χ4v) is 6.36. The molecule has 2 heterocycles. The van der Waals surface area contributed by atoms with Crippen LogP contribution in [0.3, 0.4) is 0 Å². The molecular weight excluding hydrogens is 640 g/mol. The van der Waals surface area contributed by atoms with Crippen molar-refractivity contribution in [3.63, 3.8) is 0 Å². The van der Waals surface area contributed by atoms with Crippen LogP contribution in [0.15, 0.2) is 91.5 Å². The van der Waals surface area contributed by atoms with Crippen LogP contribution in [0.2, 0.25) is 0 Å². The van der Waals surface area contributed by atoms with Gasteiger partial charge in [-0.2, -0.15) is 0 Å². The third kappa shape index (κ3) is 6.15. The minimum atomic E-state index is -1.70. The van der Waals surface area contributed by atoms with E-state index in [0.29, 0.717) is 22.3 Å². The topological polar surface area (TPSA) is 150 Å². The molecule has 0 saturated carbocycles. The molecule has 0 N–H and O–H groups in total. The number of Topliss-reactive ketones (excluding diaryl/α,β-unsaturated/α-hetero) is 2. The Bertz CT molecular complexity index is 1970. The molecule has 256 valence electrons. The Labute approximate surface area is 288 Å². The van der Waals surface area contributed by atoms with E-state index in [9.17, 15) is 38.4 Å². The fourth-order valence-electron chi connectivity index (χ4n) is 6.36. The van der Waals surface area contributed by atoms with E-state index in [1.807, 2.05) is 0 Å². The second-order valence-electron chi connectivity index (χ2n) is 12.9. The molecular formula is C38H36N4O8. The Hall–Kier alpha value is -6.04. The second kappa shape index (κ2) is 13.5. The highest BCUT2D eigenvalue weighted by Gasteiger charge is 2.54. The summed E-state index contributed by atoms with van der Waals surface area (Å²) in [6.45, 7) is 5.37. The van der Waals surface area contributed by atoms with Crippen molar-refractivity contribution >= 4 is 47.3 Å². The Morgan fingerprint density at radius 2 is 1.10 bits per heavy atom. The fraction of sp³-hybridized carbons (Fsp3) is 0.263. The summed E-state index contributed by atoms with van der Waals surface area (Å²) < 4.78 is 0. The number of carbonyl (C=O) groups is 8. The number of urea groups is 2. The molecule has 50 heavy (non-hydrogen) atoms. The maximum absolute atomic E-state index is 13.8. The van der Waals surface area contributed by atoms with Crippen LogP contribution in [-0.2, 0) is 25.6 Å². The average molecular weight is 677 g/mol. The highest BCUT2D eigenvalue weighted by molar-refractivity contribution is 6.21. The lowest BCUT2D eigenvalue weighted by Gasteiger charge is -2.40. The molecule has 2 aliphatic rings. The first-order valence-electron chi connectivity index (χ1n) is 15.8. The van der Waals surface area contributed by atoms with Gasteiger partial charge in [0.1, 0.15) is 10.8 Å². The van der Waals surface area contributed by atoms with Gasteiger partial charge in [0, 0.05) is 25.2 Å². The predicted molar refractivity (Wildman–Crippen MR) is 181 cm³/mol. The van der Waals surface area contributed by atoms with Gasteiger partial charge in [0.25, 0.3) is 0 Å². The minimum absolute atomic E-state index is 0.00845. The molecule has 0 aromatic heterocycles. The SMILES string of the molecule is C=CCC1(C)C(=O)N(C)C(=O)N(CC(=O)c2cccc(-c3cccc(CC4(C)C(=O)N(C)C(=O)N(CC(=O)c5ccccc5)C4=O)c3)c2)C1=O. The summed E-state index contributed by atoms with van der Waals surface area (Å²) in [5, 5.41) is 0. The number of nitrogens with zero attached hydrogens (tertiary/aromatic N) is 4. The maximum Gasteiger partial charge on any atom is 0.333 e. The van der Waals surface area contributed by atoms with Crippen molar-refractivity contribution in [2.75, 3.05) is 27.2 Å². The van der Waals surface area contributed by atoms with Crippen molar-refractivity contribution in [2.24, 2.45) is 10.8 Å². The van der Waals surface area contributed by atoms with Gasteiger partial charge in [-0.1, -0.05) is 78.9 Å². The maximum atomic E-state index is 13.8. The van der Waals surface area contributed by atoms with Gasteiger partial charge in [-0.05, 0) is 49.4 Å². The molecule has 3 aromatic rings. The number of hydrogen-bond donors (Lipinski definition) is 0. The van der Waals surface area contributed by atoms with Crippen LogP contribution in [0.25, 0.3) is 11.1 Å². The Balaban J connectivity index is 1.37. The van der Waals surface area contributed by atoms with E-state index in [-0.39, 0.29) is 18.4 Å². The van der Waals surface area contributed by atoms with Crippen LogP contribution in [0.5, 0.6) is 0 Å². The van der Waals surface area contributed by atoms with Crippen molar-refractivity contribution in [1.29, 1.82) is 0 Å². The number of amides is 8. The van der Waals surface area contributed by atoms with Crippen LogP contribution in [-0.4, -0.2) is 94.0 Å². The first-order valence-corrected chi connectivity index (χ1v) is 15.8. The van der Waals surface area contributed by atoms with Crippen LogP contribution in [0, 0.1) is 10.8 Å². The van der Waals surface area contributed by atoms with Gasteiger partial charge in [0.2, 0.25) is 23.6 Å². The summed E-state index contributed by atoms with van der Waals surface area (Å²) in [5.41, 5.74) is -0.899. The number of benzene rings is 3. The molecule has 5 rings (SSSR count). The monoisotopic (exact) mass is 676 g/mol. The van der Waals surface area contributed by atoms with E-state index in [4.69, 9.17) is 0 Å². The van der Waals surface area contributed by atoms with Gasteiger partial charge in [-0.25, -0.2) is 9.59 Å². The number of barbiturate groups is 2. The van der Waals surface area contributed by atoms with Gasteiger partial charge in [0.15, 0.2) is 11.6 Å². The highest BCUT2D eigenvalue weighted by atomic mass is 16.2. The second-order valence-corrected chi connectivity index (χ2v) is 12.9. The zero-order chi connectivity index (χ0) is 36.5. The third-order valence-corrected chi connectivity index (χ3v) is 9.28. The van der Waals surface area contributed by atoms with Gasteiger partial charge >= 0.3 is 12.1 Å². The van der Waals surface area contributed by atoms with E-state index >= 15 is 0 Å². The van der Waals surface area contributed by atoms with Crippen LogP contribution < -0.4 is 0 Å². The van der Waals surface area contributed by atoms with E-state index < -0.39 is 71.2 Å². The zero-order valence-electron chi connectivity index (χ0n) is 28.2. The molecule has 2 unspecified atom stereocenters. The summed E-state index contributed by atoms with van der Waals surface area (Å²) in [6.07, 6.45) is 1.32. The lowest BCUT2D eigenvalue weighted by Crippen LogP contribution is -2.64. The van der Waals surface area contributed by atoms with Crippen LogP contribution in [0.1, 0.15) is 46.5 Å². The van der Waals surface area contributed by atoms with Gasteiger partial charge in [-0.15, -0.1) is 6.58 Å². The predicted octanol–water partition coefficient (Wildman–Crippen LogP) is 4.39. The smallest absolute Gasteiger partial charge is 0.292 e. The lowest BCUT2D eigenvalue weighted by atomic mass is 9.79. The molecule has 0 spiro atoms. The van der Waals surface area contributed by atoms with Gasteiger partial charge < -0.3 is 0 Å². The molecule has 0 bridgehead atoms. The highest BCUT2D eigenvalue weighted by Crippen LogP contribution is 2.35. The van der Waals surface area contributed by atoms with E-state index in [0.717, 1.165) is 19.6 Å². The summed E-state index contributed by atoms with van der Waals surface area (Å²) in [6, 6.07) is 20.0. The summed E-state index contributed by atoms with van der Waals surface area (Å²) in [4.78, 5) is 109. The number of allylic oxidation sites excluding steroid dienone is 1. The third-order valence-electron chi connectivity index (χ3n) is 9.28. The first kappa shape index (κ1) is 35.3. The van der Waals surface area contributed by atoms with Crippen LogP contribution in [0.4, 0.5) is 9.59 Å². The van der Waals surface area contributed by atoms with Crippen molar-refractivity contribution in [3.05, 3.63) is 108 Å². The van der Waals surface area contributed by atoms with E-state index in [2.05, 4.69) is 6.58 Å². The number of carbonyl (C=O) groups excluding carboxylic acids is 8. The van der Waals surface area contributed by atoms with Gasteiger partial charge in [-0.3, -0.25) is 48.4 Å². The molecule has 12 nitrogen and oxygen atoms in total. The Morgan fingerprint density at radius 3 is 1.68 bits per heavy atom. The standard InChI is InChI=1S/C38H36N4O8/c1-6-18-37(2)31(45)39(4)35(49)41(33(37)47)23-30(44)28-17-11-16-27(20-28)26-15-10-12-24(19-26)21-38(3)32(46)40(5)36(50)42(34(38)48)22-29(43)25-13-8-7-9-14-25/h6-17,19-20H,1,18,21-23H2,2-5H3. The average Bonchev–Trinajstić information content (AvgIpc) is 3.12. The zero-order valence-corrected chi connectivity index (χ0v) is 28.2. The number of rotatable bonds is 11. The van der Waals surface area contributed by atoms with E-state index in [1.165, 1.54) is 34.0 Å². The molecule has 8 amide bonds. The van der Waals surface area contributed by atoms with Crippen molar-refractivity contribution in [1.82, 2.24) is 19.6 Å². The Kier molecular flexibility index (Phi) is 9.50. The molecule has 0 aliphatic carbocycles. The van der Waals surface area contributed by atoms with E-state index in [1.54, 1.807) is 78.9 Å². The largest absolute Gasteiger partial charge is 0.333 e. The number of imide groups is 4. The number of ketones is 2. The molecule has 2 aliphatic heterocycles. The van der Waals surface area contributed by atoms with Crippen molar-refractivity contribution < 1.29 is 38.4 Å². The molecule has 2 fully saturated rings. The summed E-state index contributed by atoms with van der Waals surface area (Å²) in [5.74, 6) is -3.92. The first-order chi connectivity index (χ1) is 23.6. The molecule has 12 heteroatoms. The normalized spacial score (nSPS) is 21.2. The number of hydrogen-bond acceptors (Lipinski definition) is 8. The minimum Gasteiger partial charge on any atom is -0.292 e. The van der Waals surface area contributed by atoms with Crippen LogP contribution >= 0.6 is 0 Å². The molecule has 2 saturated heterocycles. The summed E-state index contributed by atoms with van der Waals surface area (Å²) >= 11 is 0. The summed E-state index contributed by atoms with van der Waals surface area (Å²) in [7, 11) is 2.53.